The highest BCUT2D eigenvalue weighted by atomic mass is 19.4. The lowest BCUT2D eigenvalue weighted by molar-refractivity contribution is -0.192. The zero-order valence-corrected chi connectivity index (χ0v) is 16.2. The molecule has 1 N–H and O–H groups in total. The topological polar surface area (TPSA) is 76.8 Å². The third-order valence-electron chi connectivity index (χ3n) is 5.12. The highest BCUT2D eigenvalue weighted by Gasteiger charge is 2.46. The Kier molecular flexibility index (Phi) is 7.85. The molecule has 2 heterocycles. The Morgan fingerprint density at radius 2 is 2.21 bits per heavy atom. The van der Waals surface area contributed by atoms with Crippen LogP contribution in [0, 0.1) is 5.92 Å². The van der Waals surface area contributed by atoms with Crippen molar-refractivity contribution < 1.29 is 32.5 Å². The number of aliphatic carboxylic acids is 1. The van der Waals surface area contributed by atoms with E-state index in [0.29, 0.717) is 5.92 Å². The molecule has 10 heteroatoms. The molecular weight excluding hydrogens is 379 g/mol. The van der Waals surface area contributed by atoms with Crippen LogP contribution in [0.2, 0.25) is 0 Å². The van der Waals surface area contributed by atoms with E-state index in [0.717, 1.165) is 39.5 Å². The van der Waals surface area contributed by atoms with Gasteiger partial charge in [-0.3, -0.25) is 9.58 Å². The number of aromatic nitrogens is 2. The standard InChI is InChI=1S/C16H27N3O2.C2HF3O2/c1-3-20-12-15-5-4-6-16(15)13-19(7-8-21-16)11-14-9-17-18(2)10-14;3-2(4,5)1(6)7/h9-10,15H,3-8,11-13H2,1-2H3;(H,6,7)/t15-,16+;/m0./s1. The number of carboxylic acid groups (broad SMARTS) is 1. The molecule has 0 radical (unpaired) electrons. The highest BCUT2D eigenvalue weighted by Crippen LogP contribution is 2.41. The minimum atomic E-state index is -5.08. The largest absolute Gasteiger partial charge is 0.490 e. The van der Waals surface area contributed by atoms with Gasteiger partial charge in [0.2, 0.25) is 0 Å². The summed E-state index contributed by atoms with van der Waals surface area (Å²) in [5.41, 5.74) is 1.31. The number of carbonyl (C=O) groups is 1. The van der Waals surface area contributed by atoms with Gasteiger partial charge in [0, 0.05) is 51.0 Å². The fourth-order valence-electron chi connectivity index (χ4n) is 3.84. The summed E-state index contributed by atoms with van der Waals surface area (Å²) >= 11 is 0. The van der Waals surface area contributed by atoms with E-state index in [4.69, 9.17) is 19.4 Å². The van der Waals surface area contributed by atoms with E-state index in [1.807, 2.05) is 17.9 Å². The van der Waals surface area contributed by atoms with Crippen LogP contribution in [0.1, 0.15) is 31.7 Å². The summed E-state index contributed by atoms with van der Waals surface area (Å²) in [4.78, 5) is 11.4. The lowest BCUT2D eigenvalue weighted by Gasteiger charge is -2.44. The maximum absolute atomic E-state index is 10.6. The zero-order valence-electron chi connectivity index (χ0n) is 16.2. The smallest absolute Gasteiger partial charge is 0.475 e. The molecule has 1 saturated heterocycles. The summed E-state index contributed by atoms with van der Waals surface area (Å²) in [6.07, 6.45) is 2.66. The van der Waals surface area contributed by atoms with E-state index in [-0.39, 0.29) is 5.60 Å². The first-order valence-electron chi connectivity index (χ1n) is 9.38. The molecule has 160 valence electrons. The van der Waals surface area contributed by atoms with E-state index in [1.165, 1.54) is 24.8 Å². The van der Waals surface area contributed by atoms with Crippen LogP contribution in [0.25, 0.3) is 0 Å². The van der Waals surface area contributed by atoms with Gasteiger partial charge in [-0.25, -0.2) is 4.79 Å². The maximum atomic E-state index is 10.6. The molecule has 1 aromatic rings. The minimum absolute atomic E-state index is 0.0234. The summed E-state index contributed by atoms with van der Waals surface area (Å²) in [6, 6.07) is 0. The van der Waals surface area contributed by atoms with Gasteiger partial charge in [-0.05, 0) is 19.8 Å². The fourth-order valence-corrected chi connectivity index (χ4v) is 3.84. The third-order valence-corrected chi connectivity index (χ3v) is 5.12. The van der Waals surface area contributed by atoms with E-state index in [9.17, 15) is 13.2 Å². The lowest BCUT2D eigenvalue weighted by atomic mass is 9.89. The number of nitrogens with zero attached hydrogens (tertiary/aromatic N) is 3. The average molecular weight is 407 g/mol. The Bertz CT molecular complexity index is 638. The first kappa shape index (κ1) is 22.6. The van der Waals surface area contributed by atoms with Crippen LogP contribution < -0.4 is 0 Å². The molecule has 1 spiro atoms. The van der Waals surface area contributed by atoms with Crippen LogP contribution in [0.4, 0.5) is 13.2 Å². The van der Waals surface area contributed by atoms with Crippen molar-refractivity contribution in [2.75, 3.05) is 32.9 Å². The Morgan fingerprint density at radius 3 is 2.79 bits per heavy atom. The summed E-state index contributed by atoms with van der Waals surface area (Å²) < 4.78 is 45.6. The van der Waals surface area contributed by atoms with Gasteiger partial charge in [0.1, 0.15) is 0 Å². The molecule has 0 bridgehead atoms. The highest BCUT2D eigenvalue weighted by molar-refractivity contribution is 5.73. The first-order chi connectivity index (χ1) is 13.2. The molecule has 2 atom stereocenters. The molecular formula is C18H28F3N3O4. The van der Waals surface area contributed by atoms with Crippen molar-refractivity contribution in [2.45, 2.75) is 44.5 Å². The molecule has 2 fully saturated rings. The maximum Gasteiger partial charge on any atom is 0.490 e. The van der Waals surface area contributed by atoms with Gasteiger partial charge in [0.15, 0.2) is 0 Å². The SMILES string of the molecule is CCOC[C@@H]1CCC[C@@]12CN(Cc1cnn(C)c1)CCO2.O=C(O)C(F)(F)F. The van der Waals surface area contributed by atoms with Crippen LogP contribution >= 0.6 is 0 Å². The Morgan fingerprint density at radius 1 is 1.50 bits per heavy atom. The van der Waals surface area contributed by atoms with Gasteiger partial charge in [-0.2, -0.15) is 18.3 Å². The van der Waals surface area contributed by atoms with E-state index < -0.39 is 12.1 Å². The molecule has 7 nitrogen and oxygen atoms in total. The fraction of sp³-hybridized carbons (Fsp3) is 0.778. The first-order valence-corrected chi connectivity index (χ1v) is 9.38. The molecule has 3 rings (SSSR count). The minimum Gasteiger partial charge on any atom is -0.475 e. The quantitative estimate of drug-likeness (QED) is 0.808. The predicted molar refractivity (Wildman–Crippen MR) is 94.7 cm³/mol. The van der Waals surface area contributed by atoms with Gasteiger partial charge >= 0.3 is 12.1 Å². The number of carboxylic acids is 1. The Labute approximate surface area is 162 Å². The van der Waals surface area contributed by atoms with Gasteiger partial charge < -0.3 is 14.6 Å². The van der Waals surface area contributed by atoms with Crippen LogP contribution in [0.15, 0.2) is 12.4 Å². The molecule has 0 unspecified atom stereocenters. The van der Waals surface area contributed by atoms with Gasteiger partial charge in [-0.1, -0.05) is 6.42 Å². The number of ether oxygens (including phenoxy) is 2. The second kappa shape index (κ2) is 9.71. The van der Waals surface area contributed by atoms with Crippen molar-refractivity contribution in [3.63, 3.8) is 0 Å². The molecule has 0 amide bonds. The van der Waals surface area contributed by atoms with Crippen molar-refractivity contribution in [3.8, 4) is 0 Å². The lowest BCUT2D eigenvalue weighted by Crippen LogP contribution is -2.54. The normalized spacial score (nSPS) is 25.5. The second-order valence-electron chi connectivity index (χ2n) is 7.20. The number of hydrogen-bond acceptors (Lipinski definition) is 5. The van der Waals surface area contributed by atoms with Crippen molar-refractivity contribution >= 4 is 5.97 Å². The average Bonchev–Trinajstić information content (AvgIpc) is 3.19. The summed E-state index contributed by atoms with van der Waals surface area (Å²) in [5.74, 6) is -2.21. The number of halogens is 3. The molecule has 1 aliphatic carbocycles. The van der Waals surface area contributed by atoms with Gasteiger partial charge in [0.25, 0.3) is 0 Å². The number of aryl methyl sites for hydroxylation is 1. The van der Waals surface area contributed by atoms with Crippen LogP contribution in [0.5, 0.6) is 0 Å². The molecule has 2 aliphatic rings. The predicted octanol–water partition coefficient (Wildman–Crippen LogP) is 2.46. The van der Waals surface area contributed by atoms with Crippen molar-refractivity contribution in [3.05, 3.63) is 18.0 Å². The Balaban J connectivity index is 0.000000345. The molecule has 1 saturated carbocycles. The molecule has 1 aliphatic heterocycles. The van der Waals surface area contributed by atoms with Crippen molar-refractivity contribution in [1.82, 2.24) is 14.7 Å². The van der Waals surface area contributed by atoms with Crippen LogP contribution in [-0.4, -0.2) is 70.4 Å². The van der Waals surface area contributed by atoms with Crippen molar-refractivity contribution in [2.24, 2.45) is 13.0 Å². The van der Waals surface area contributed by atoms with Gasteiger partial charge in [0.05, 0.1) is 25.0 Å². The summed E-state index contributed by atoms with van der Waals surface area (Å²) in [7, 11) is 1.97. The number of alkyl halides is 3. The second-order valence-corrected chi connectivity index (χ2v) is 7.20. The number of rotatable bonds is 5. The number of hydrogen-bond donors (Lipinski definition) is 1. The van der Waals surface area contributed by atoms with Gasteiger partial charge in [-0.15, -0.1) is 0 Å². The zero-order chi connectivity index (χ0) is 20.8. The number of morpholine rings is 1. The monoisotopic (exact) mass is 407 g/mol. The van der Waals surface area contributed by atoms with Crippen LogP contribution in [0.3, 0.4) is 0 Å². The van der Waals surface area contributed by atoms with E-state index in [2.05, 4.69) is 23.1 Å². The van der Waals surface area contributed by atoms with Crippen LogP contribution in [-0.2, 0) is 27.9 Å². The third kappa shape index (κ3) is 6.18. The van der Waals surface area contributed by atoms with E-state index >= 15 is 0 Å². The van der Waals surface area contributed by atoms with E-state index in [1.54, 1.807) is 0 Å². The molecule has 0 aromatic carbocycles. The molecule has 1 aromatic heterocycles. The summed E-state index contributed by atoms with van der Waals surface area (Å²) in [6.45, 7) is 7.56. The van der Waals surface area contributed by atoms with Crippen molar-refractivity contribution in [1.29, 1.82) is 0 Å². The Hall–Kier alpha value is -1.65. The summed E-state index contributed by atoms with van der Waals surface area (Å²) in [5, 5.41) is 11.4. The molecule has 28 heavy (non-hydrogen) atoms.